The van der Waals surface area contributed by atoms with Crippen LogP contribution in [0, 0.1) is 15.0 Å². The van der Waals surface area contributed by atoms with Gasteiger partial charge >= 0.3 is 29.6 Å². The van der Waals surface area contributed by atoms with E-state index >= 15 is 0 Å². The average Bonchev–Trinajstić information content (AvgIpc) is 2.89. The minimum atomic E-state index is -0.0179. The molecule has 13 nitrogen and oxygen atoms in total. The van der Waals surface area contributed by atoms with Crippen LogP contribution in [0.3, 0.4) is 0 Å². The molecule has 0 aromatic heterocycles. The number of hydrogen-bond donors (Lipinski definition) is 4. The zero-order valence-corrected chi connectivity index (χ0v) is 22.8. The summed E-state index contributed by atoms with van der Waals surface area (Å²) in [6.07, 6.45) is 0. The maximum atomic E-state index is 10.5. The van der Waals surface area contributed by atoms with Crippen LogP contribution in [0.1, 0.15) is 7.43 Å². The second kappa shape index (κ2) is 25.1. The Morgan fingerprint density at radius 1 is 0.784 bits per heavy atom. The van der Waals surface area contributed by atoms with E-state index in [2.05, 4.69) is 5.18 Å². The van der Waals surface area contributed by atoms with Crippen LogP contribution in [0.15, 0.2) is 53.0 Å². The molecular weight excluding hydrogens is 499 g/mol. The zero-order valence-electron chi connectivity index (χ0n) is 20.8. The van der Waals surface area contributed by atoms with Crippen molar-refractivity contribution in [2.75, 3.05) is 76.6 Å². The van der Waals surface area contributed by atoms with Crippen molar-refractivity contribution in [1.29, 1.82) is 0 Å². The first-order valence-electron chi connectivity index (χ1n) is 10.5. The van der Waals surface area contributed by atoms with Gasteiger partial charge in [0.2, 0.25) is 0 Å². The molecule has 2 aromatic carbocycles. The number of nitrogens with zero attached hydrogens (tertiary/aromatic N) is 4. The monoisotopic (exact) mass is 536 g/mol. The normalized spacial score (nSPS) is 9.03. The maximum Gasteiger partial charge on any atom is 1.00 e. The molecule has 0 atom stereocenters. The first kappa shape index (κ1) is 39.0. The Balaban J connectivity index is -0.000000541. The van der Waals surface area contributed by atoms with Gasteiger partial charge in [0.15, 0.2) is 0 Å². The van der Waals surface area contributed by atoms with Crippen molar-refractivity contribution >= 4 is 17.1 Å². The van der Waals surface area contributed by atoms with Gasteiger partial charge in [-0.05, 0) is 29.4 Å². The minimum Gasteiger partial charge on any atom is -0.497 e. The van der Waals surface area contributed by atoms with Crippen molar-refractivity contribution in [2.24, 2.45) is 10.5 Å². The number of hydrogen-bond acceptors (Lipinski definition) is 13. The van der Waals surface area contributed by atoms with Gasteiger partial charge in [-0.15, -0.1) is 10.2 Å². The number of ether oxygens (including phenoxy) is 2. The van der Waals surface area contributed by atoms with Crippen LogP contribution in [0.25, 0.3) is 0 Å². The molecule has 0 saturated heterocycles. The number of rotatable bonds is 13. The van der Waals surface area contributed by atoms with Gasteiger partial charge in [0.05, 0.1) is 40.6 Å². The Bertz CT molecular complexity index is 838. The number of benzene rings is 2. The largest absolute Gasteiger partial charge is 1.00 e. The molecule has 14 heteroatoms. The minimum absolute atomic E-state index is 0. The van der Waals surface area contributed by atoms with Crippen molar-refractivity contribution in [1.82, 2.24) is 0 Å². The quantitative estimate of drug-likeness (QED) is 0.143. The van der Waals surface area contributed by atoms with Crippen molar-refractivity contribution in [3.63, 3.8) is 0 Å². The summed E-state index contributed by atoms with van der Waals surface area (Å²) in [6, 6.07) is 12.4. The van der Waals surface area contributed by atoms with E-state index < -0.39 is 0 Å². The molecule has 0 radical (unpaired) electrons. The molecule has 204 valence electrons. The summed E-state index contributed by atoms with van der Waals surface area (Å²) in [5.41, 5.74) is 1.93. The van der Waals surface area contributed by atoms with E-state index in [0.29, 0.717) is 31.9 Å². The number of aliphatic hydroxyl groups is 4. The Hall–Kier alpha value is -2.52. The summed E-state index contributed by atoms with van der Waals surface area (Å²) in [4.78, 5) is 22.2. The van der Waals surface area contributed by atoms with Gasteiger partial charge in [0, 0.05) is 49.7 Å². The molecule has 0 bridgehead atoms. The molecule has 0 fully saturated rings. The Morgan fingerprint density at radius 3 is 1.62 bits per heavy atom. The molecule has 0 heterocycles. The number of methoxy groups -OCH3 is 2. The third kappa shape index (κ3) is 15.4. The molecule has 0 aliphatic carbocycles. The van der Waals surface area contributed by atoms with E-state index in [-0.39, 0.29) is 69.1 Å². The number of nitroso groups, excluding NO2 is 1. The second-order valence-electron chi connectivity index (χ2n) is 6.59. The van der Waals surface area contributed by atoms with E-state index in [0.717, 1.165) is 22.5 Å². The smallest absolute Gasteiger partial charge is 0.497 e. The number of aliphatic hydroxyl groups excluding tert-OH is 4. The molecular formula is C23H37N4NaO9. The van der Waals surface area contributed by atoms with Gasteiger partial charge in [-0.3, -0.25) is 0 Å². The summed E-state index contributed by atoms with van der Waals surface area (Å²) in [5, 5.41) is 47.5. The van der Waals surface area contributed by atoms with Crippen LogP contribution in [-0.2, 0) is 0 Å². The molecule has 0 aliphatic rings. The van der Waals surface area contributed by atoms with Gasteiger partial charge in [0.1, 0.15) is 17.2 Å². The van der Waals surface area contributed by atoms with Gasteiger partial charge in [-0.25, -0.2) is 0 Å². The van der Waals surface area contributed by atoms with Gasteiger partial charge in [0.25, 0.3) is 0 Å². The third-order valence-electron chi connectivity index (χ3n) is 4.52. The number of anilines is 2. The molecule has 0 unspecified atom stereocenters. The summed E-state index contributed by atoms with van der Waals surface area (Å²) in [7, 11) is 3.07. The zero-order chi connectivity index (χ0) is 26.5. The van der Waals surface area contributed by atoms with Crippen LogP contribution >= 0.6 is 0 Å². The fourth-order valence-corrected chi connectivity index (χ4v) is 2.97. The first-order chi connectivity index (χ1) is 17.0. The van der Waals surface area contributed by atoms with Crippen molar-refractivity contribution < 1.29 is 59.5 Å². The van der Waals surface area contributed by atoms with Gasteiger partial charge in [-0.2, -0.15) is 0 Å². The molecule has 4 N–H and O–H groups in total. The summed E-state index contributed by atoms with van der Waals surface area (Å²) in [5.74, 6) is 1.15. The van der Waals surface area contributed by atoms with E-state index in [4.69, 9.17) is 40.0 Å². The summed E-state index contributed by atoms with van der Waals surface area (Å²) >= 11 is 0. The molecule has 0 aliphatic heterocycles. The molecule has 2 rings (SSSR count). The standard InChI is InChI=1S/C11H16N2O4.C11H17NO3.CH4.HNO2.Na/c1-17-11-8-9(2-3-10(11)12-16)13(4-6-14)5-7-15;1-15-11-4-2-3-10(9-11)12(5-7-13)6-8-14;;2-1-3;/h2-3,8,14-15H,4-7H2,1H3;2-4,9,13-14H,5-8H2,1H3;1H4;(H,2,3);/q;;;;+1/p-1. The summed E-state index contributed by atoms with van der Waals surface area (Å²) in [6.45, 7) is 1.91. The maximum absolute atomic E-state index is 10.5. The Labute approximate surface area is 239 Å². The SMILES string of the molecule is C.COc1cc(N(CCO)CCO)ccc1N=O.COc1cccc(N(CCO)CCO)c1.O=N[O-].[Na+]. The van der Waals surface area contributed by atoms with E-state index in [1.807, 2.05) is 29.2 Å². The van der Waals surface area contributed by atoms with E-state index in [9.17, 15) is 4.91 Å². The van der Waals surface area contributed by atoms with Crippen molar-refractivity contribution in [3.05, 3.63) is 57.5 Å². The molecule has 37 heavy (non-hydrogen) atoms. The van der Waals surface area contributed by atoms with Crippen LogP contribution < -0.4 is 48.8 Å². The van der Waals surface area contributed by atoms with Crippen molar-refractivity contribution in [3.8, 4) is 11.5 Å². The van der Waals surface area contributed by atoms with Gasteiger partial charge < -0.3 is 49.8 Å². The van der Waals surface area contributed by atoms with Gasteiger partial charge in [-0.1, -0.05) is 13.5 Å². The first-order valence-corrected chi connectivity index (χ1v) is 10.5. The predicted molar refractivity (Wildman–Crippen MR) is 140 cm³/mol. The molecule has 0 saturated carbocycles. The van der Waals surface area contributed by atoms with Crippen LogP contribution in [-0.4, -0.2) is 87.3 Å². The Morgan fingerprint density at radius 2 is 1.24 bits per heavy atom. The summed E-state index contributed by atoms with van der Waals surface area (Å²) < 4.78 is 10.1. The predicted octanol–water partition coefficient (Wildman–Crippen LogP) is -0.739. The topological polar surface area (TPSA) is 188 Å². The Kier molecular flexibility index (Phi) is 26.5. The van der Waals surface area contributed by atoms with Crippen LogP contribution in [0.2, 0.25) is 0 Å². The molecule has 2 aromatic rings. The van der Waals surface area contributed by atoms with Crippen molar-refractivity contribution in [2.45, 2.75) is 7.43 Å². The molecule has 0 spiro atoms. The van der Waals surface area contributed by atoms with E-state index in [1.54, 1.807) is 30.2 Å². The second-order valence-corrected chi connectivity index (χ2v) is 6.59. The van der Waals surface area contributed by atoms with Crippen LogP contribution in [0.4, 0.5) is 17.1 Å². The van der Waals surface area contributed by atoms with E-state index in [1.165, 1.54) is 7.11 Å². The fourth-order valence-electron chi connectivity index (χ4n) is 2.97. The third-order valence-corrected chi connectivity index (χ3v) is 4.52. The molecule has 0 amide bonds. The van der Waals surface area contributed by atoms with Crippen LogP contribution in [0.5, 0.6) is 11.5 Å². The fraction of sp³-hybridized carbons (Fsp3) is 0.478. The average molecular weight is 537 g/mol.